The van der Waals surface area contributed by atoms with E-state index in [1.54, 1.807) is 14.2 Å². The van der Waals surface area contributed by atoms with Gasteiger partial charge >= 0.3 is 0 Å². The van der Waals surface area contributed by atoms with E-state index in [-0.39, 0.29) is 24.0 Å². The number of nitrogens with one attached hydrogen (secondary N) is 2. The van der Waals surface area contributed by atoms with Crippen LogP contribution in [0.2, 0.25) is 0 Å². The van der Waals surface area contributed by atoms with Crippen molar-refractivity contribution in [2.24, 2.45) is 4.99 Å². The molecule has 0 radical (unpaired) electrons. The number of benzene rings is 1. The van der Waals surface area contributed by atoms with Gasteiger partial charge in [0, 0.05) is 32.0 Å². The van der Waals surface area contributed by atoms with Gasteiger partial charge in [0.15, 0.2) is 17.5 Å². The van der Waals surface area contributed by atoms with Crippen LogP contribution in [0.3, 0.4) is 0 Å². The van der Waals surface area contributed by atoms with E-state index in [0.717, 1.165) is 35.6 Å². The topological polar surface area (TPSA) is 59.8 Å². The Hall–Kier alpha value is -1.42. The molecule has 0 saturated carbocycles. The average molecular weight is 537 g/mol. The SMILES string of the molecule is CCNC(=NCc1cc(Br)c(OC)c(OC)c1)NCCn1cccc1.I. The number of ether oxygens (including phenoxy) is 2. The molecule has 8 heteroatoms. The second-order valence-electron chi connectivity index (χ2n) is 5.36. The maximum atomic E-state index is 5.38. The zero-order valence-corrected chi connectivity index (χ0v) is 19.2. The van der Waals surface area contributed by atoms with Crippen LogP contribution >= 0.6 is 39.9 Å². The summed E-state index contributed by atoms with van der Waals surface area (Å²) in [4.78, 5) is 4.64. The first-order valence-electron chi connectivity index (χ1n) is 8.21. The van der Waals surface area contributed by atoms with Crippen molar-refractivity contribution in [3.05, 3.63) is 46.7 Å². The standard InChI is InChI=1S/C18H25BrN4O2.HI/c1-4-20-18(21-7-10-23-8-5-6-9-23)22-13-14-11-15(19)17(25-3)16(12-14)24-2;/h5-6,8-9,11-12H,4,7,10,13H2,1-3H3,(H2,20,21,22);1H. The summed E-state index contributed by atoms with van der Waals surface area (Å²) in [5.74, 6) is 2.17. The van der Waals surface area contributed by atoms with Gasteiger partial charge in [0.05, 0.1) is 25.2 Å². The summed E-state index contributed by atoms with van der Waals surface area (Å²) in [6.07, 6.45) is 4.10. The summed E-state index contributed by atoms with van der Waals surface area (Å²) in [5.41, 5.74) is 1.03. The predicted molar refractivity (Wildman–Crippen MR) is 120 cm³/mol. The van der Waals surface area contributed by atoms with Crippen molar-refractivity contribution in [2.45, 2.75) is 20.0 Å². The molecule has 0 saturated heterocycles. The third-order valence-corrected chi connectivity index (χ3v) is 4.18. The molecule has 2 N–H and O–H groups in total. The maximum Gasteiger partial charge on any atom is 0.191 e. The molecule has 0 aliphatic heterocycles. The van der Waals surface area contributed by atoms with Gasteiger partial charge in [-0.05, 0) is 52.7 Å². The lowest BCUT2D eigenvalue weighted by Crippen LogP contribution is -2.38. The second-order valence-corrected chi connectivity index (χ2v) is 6.21. The molecule has 26 heavy (non-hydrogen) atoms. The maximum absolute atomic E-state index is 5.38. The summed E-state index contributed by atoms with van der Waals surface area (Å²) in [6.45, 7) is 5.09. The molecule has 1 aromatic carbocycles. The minimum Gasteiger partial charge on any atom is -0.493 e. The minimum atomic E-state index is 0. The normalized spacial score (nSPS) is 10.8. The van der Waals surface area contributed by atoms with Crippen molar-refractivity contribution in [3.8, 4) is 11.5 Å². The first kappa shape index (κ1) is 22.6. The van der Waals surface area contributed by atoms with E-state index in [0.29, 0.717) is 18.0 Å². The van der Waals surface area contributed by atoms with Crippen LogP contribution in [-0.4, -0.2) is 37.8 Å². The van der Waals surface area contributed by atoms with Gasteiger partial charge in [-0.3, -0.25) is 0 Å². The van der Waals surface area contributed by atoms with Crippen molar-refractivity contribution in [1.29, 1.82) is 0 Å². The van der Waals surface area contributed by atoms with Crippen molar-refractivity contribution in [3.63, 3.8) is 0 Å². The highest BCUT2D eigenvalue weighted by molar-refractivity contribution is 14.0. The van der Waals surface area contributed by atoms with Crippen molar-refractivity contribution >= 4 is 45.9 Å². The van der Waals surface area contributed by atoms with E-state index < -0.39 is 0 Å². The van der Waals surface area contributed by atoms with Crippen LogP contribution in [-0.2, 0) is 13.1 Å². The molecule has 0 fully saturated rings. The molecule has 2 aromatic rings. The van der Waals surface area contributed by atoms with Gasteiger partial charge in [0.1, 0.15) is 0 Å². The van der Waals surface area contributed by atoms with Crippen molar-refractivity contribution in [2.75, 3.05) is 27.3 Å². The van der Waals surface area contributed by atoms with Crippen molar-refractivity contribution in [1.82, 2.24) is 15.2 Å². The molecule has 1 heterocycles. The largest absolute Gasteiger partial charge is 0.493 e. The number of aromatic nitrogens is 1. The fourth-order valence-electron chi connectivity index (χ4n) is 2.40. The molecule has 6 nitrogen and oxygen atoms in total. The number of hydrogen-bond acceptors (Lipinski definition) is 3. The van der Waals surface area contributed by atoms with E-state index in [9.17, 15) is 0 Å². The Bertz CT molecular complexity index is 693. The lowest BCUT2D eigenvalue weighted by atomic mass is 10.2. The molecule has 0 aliphatic carbocycles. The van der Waals surface area contributed by atoms with E-state index in [1.807, 2.05) is 36.7 Å². The van der Waals surface area contributed by atoms with Crippen LogP contribution in [0.25, 0.3) is 0 Å². The third-order valence-electron chi connectivity index (χ3n) is 3.59. The number of methoxy groups -OCH3 is 2. The van der Waals surface area contributed by atoms with Crippen LogP contribution in [0.4, 0.5) is 0 Å². The molecule has 0 amide bonds. The molecule has 0 aliphatic rings. The monoisotopic (exact) mass is 536 g/mol. The Morgan fingerprint density at radius 2 is 1.88 bits per heavy atom. The summed E-state index contributed by atoms with van der Waals surface area (Å²) in [5, 5.41) is 6.61. The Kier molecular flexibility index (Phi) is 10.5. The Morgan fingerprint density at radius 3 is 2.50 bits per heavy atom. The van der Waals surface area contributed by atoms with E-state index in [1.165, 1.54) is 0 Å². The number of nitrogens with zero attached hydrogens (tertiary/aromatic N) is 2. The van der Waals surface area contributed by atoms with Crippen LogP contribution in [0, 0.1) is 0 Å². The zero-order valence-electron chi connectivity index (χ0n) is 15.3. The van der Waals surface area contributed by atoms with Gasteiger partial charge in [-0.2, -0.15) is 0 Å². The number of halogens is 2. The minimum absolute atomic E-state index is 0. The smallest absolute Gasteiger partial charge is 0.191 e. The molecular weight excluding hydrogens is 511 g/mol. The van der Waals surface area contributed by atoms with Gasteiger partial charge < -0.3 is 24.7 Å². The summed E-state index contributed by atoms with van der Waals surface area (Å²) < 4.78 is 13.7. The number of aliphatic imine (C=N–C) groups is 1. The third kappa shape index (κ3) is 6.71. The predicted octanol–water partition coefficient (Wildman–Crippen LogP) is 3.64. The first-order valence-corrected chi connectivity index (χ1v) is 9.00. The average Bonchev–Trinajstić information content (AvgIpc) is 3.12. The second kappa shape index (κ2) is 12.1. The molecule has 0 bridgehead atoms. The lowest BCUT2D eigenvalue weighted by molar-refractivity contribution is 0.352. The van der Waals surface area contributed by atoms with Crippen LogP contribution in [0.5, 0.6) is 11.5 Å². The van der Waals surface area contributed by atoms with Gasteiger partial charge in [-0.15, -0.1) is 24.0 Å². The highest BCUT2D eigenvalue weighted by atomic mass is 127. The molecule has 1 aromatic heterocycles. The van der Waals surface area contributed by atoms with E-state index in [2.05, 4.69) is 43.0 Å². The van der Waals surface area contributed by atoms with E-state index in [4.69, 9.17) is 9.47 Å². The molecule has 0 spiro atoms. The fourth-order valence-corrected chi connectivity index (χ4v) is 3.05. The zero-order chi connectivity index (χ0) is 18.1. The Labute approximate surface area is 180 Å². The molecule has 2 rings (SSSR count). The molecule has 144 valence electrons. The van der Waals surface area contributed by atoms with Crippen LogP contribution in [0.1, 0.15) is 12.5 Å². The quantitative estimate of drug-likeness (QED) is 0.307. The summed E-state index contributed by atoms with van der Waals surface area (Å²) in [6, 6.07) is 7.98. The summed E-state index contributed by atoms with van der Waals surface area (Å²) in [7, 11) is 3.25. The summed E-state index contributed by atoms with van der Waals surface area (Å²) >= 11 is 3.51. The van der Waals surface area contributed by atoms with Crippen LogP contribution in [0.15, 0.2) is 46.1 Å². The fraction of sp³-hybridized carbons (Fsp3) is 0.389. The van der Waals surface area contributed by atoms with Crippen molar-refractivity contribution < 1.29 is 9.47 Å². The molecular formula is C18H26BrIN4O2. The molecule has 0 unspecified atom stereocenters. The first-order chi connectivity index (χ1) is 12.2. The van der Waals surface area contributed by atoms with E-state index >= 15 is 0 Å². The van der Waals surface area contributed by atoms with Crippen LogP contribution < -0.4 is 20.1 Å². The van der Waals surface area contributed by atoms with Gasteiger partial charge in [0.2, 0.25) is 0 Å². The number of guanidine groups is 1. The van der Waals surface area contributed by atoms with Gasteiger partial charge in [0.25, 0.3) is 0 Å². The van der Waals surface area contributed by atoms with Gasteiger partial charge in [-0.1, -0.05) is 0 Å². The number of hydrogen-bond donors (Lipinski definition) is 2. The Morgan fingerprint density at radius 1 is 1.15 bits per heavy atom. The Balaban J connectivity index is 0.00000338. The van der Waals surface area contributed by atoms with Gasteiger partial charge in [-0.25, -0.2) is 4.99 Å². The number of rotatable bonds is 8. The highest BCUT2D eigenvalue weighted by Gasteiger charge is 2.10. The molecule has 0 atom stereocenters. The lowest BCUT2D eigenvalue weighted by Gasteiger charge is -2.13. The highest BCUT2D eigenvalue weighted by Crippen LogP contribution is 2.36.